The van der Waals surface area contributed by atoms with E-state index >= 15 is 8.78 Å². The molecule has 8 rings (SSSR count). The molecule has 2 aliphatic heterocycles. The number of rotatable bonds is 52. The fourth-order valence-corrected chi connectivity index (χ4v) is 16.5. The third-order valence-corrected chi connectivity index (χ3v) is 24.9. The number of aromatic carboxylic acids is 2. The number of benzene rings is 4. The Balaban J connectivity index is 0.000000514. The number of hydrogen-bond acceptors (Lipinski definition) is 25. The van der Waals surface area contributed by atoms with Crippen LogP contribution in [-0.4, -0.2) is 274 Å². The third kappa shape index (κ3) is 38.6. The number of aliphatic carboxylic acids is 1. The highest BCUT2D eigenvalue weighted by Crippen LogP contribution is 2.31. The molecule has 0 spiro atoms. The van der Waals surface area contributed by atoms with Crippen LogP contribution >= 0.6 is 0 Å². The third-order valence-electron chi connectivity index (χ3n) is 24.9. The van der Waals surface area contributed by atoms with E-state index < -0.39 is 177 Å². The number of pyridine rings is 2. The van der Waals surface area contributed by atoms with Gasteiger partial charge in [-0.05, 0) is 144 Å². The Hall–Kier alpha value is -14.8. The van der Waals surface area contributed by atoms with Gasteiger partial charge < -0.3 is 111 Å². The lowest BCUT2D eigenvalue weighted by molar-refractivity contribution is -0.155. The topological polar surface area (TPSA) is 583 Å². The Morgan fingerprint density at radius 1 is 0.446 bits per heavy atom. The number of aryl methyl sites for hydroxylation is 2. The Kier molecular flexibility index (Phi) is 49.4. The number of primary amides is 2. The number of amides is 12. The first-order chi connectivity index (χ1) is 68.9. The van der Waals surface area contributed by atoms with Crippen LogP contribution in [0.1, 0.15) is 223 Å². The van der Waals surface area contributed by atoms with Crippen LogP contribution in [0.5, 0.6) is 0 Å². The van der Waals surface area contributed by atoms with Crippen molar-refractivity contribution in [3.05, 3.63) is 151 Å². The van der Waals surface area contributed by atoms with Crippen molar-refractivity contribution in [2.24, 2.45) is 35.1 Å². The molecule has 2 aliphatic rings. The molecule has 44 heteroatoms. The van der Waals surface area contributed by atoms with Gasteiger partial charge in [0.25, 0.3) is 0 Å². The Bertz CT molecular complexity index is 5830. The summed E-state index contributed by atoms with van der Waals surface area (Å²) in [5.41, 5.74) is 10.8. The highest BCUT2D eigenvalue weighted by Gasteiger charge is 2.37. The molecule has 4 heterocycles. The molecule has 12 amide bonds. The lowest BCUT2D eigenvalue weighted by Crippen LogP contribution is -2.49. The van der Waals surface area contributed by atoms with Crippen LogP contribution in [0.4, 0.5) is 39.3 Å². The number of nitrogens with one attached hydrogen (secondary N) is 6. The monoisotopic (exact) mass is 2070 g/mol. The van der Waals surface area contributed by atoms with Crippen LogP contribution < -0.4 is 64.0 Å². The van der Waals surface area contributed by atoms with Gasteiger partial charge in [-0.2, -0.15) is 0 Å². The highest BCUT2D eigenvalue weighted by molar-refractivity contribution is 5.99. The molecular formula is C104H146F2N16O26. The maximum atomic E-state index is 15.4. The van der Waals surface area contributed by atoms with Gasteiger partial charge in [-0.3, -0.25) is 67.1 Å². The fraction of sp³-hybridized carbons (Fsp3) is 0.538. The normalized spacial score (nSPS) is 13.6. The molecule has 6 atom stereocenters. The molecule has 42 nitrogen and oxygen atoms in total. The van der Waals surface area contributed by atoms with Gasteiger partial charge in [-0.15, -0.1) is 0 Å². The van der Waals surface area contributed by atoms with Crippen molar-refractivity contribution in [2.45, 2.75) is 249 Å². The summed E-state index contributed by atoms with van der Waals surface area (Å²) in [6.45, 7) is 18.1. The molecule has 2 aromatic heterocycles. The van der Waals surface area contributed by atoms with E-state index in [1.54, 1.807) is 158 Å². The smallest absolute Gasteiger partial charge is 0.410 e. The Labute approximate surface area is 859 Å². The molecule has 4 aromatic carbocycles. The number of urea groups is 2. The van der Waals surface area contributed by atoms with Crippen molar-refractivity contribution in [1.82, 2.24) is 60.6 Å². The number of halogens is 2. The standard InChI is InChI=1S/C53H73FN8O13.C49H65FN8O13.2CH4/c1-9-60-30-37(50(70)71)48(68)36-27-38(54)42(29-41(36)60)61-22-24-62(25-23-61)52(73)74-31-34-17-15-33(16-18-34)26-43(63)39(12-11-21-56-51(55)72)58-49(69)35(32(2)3)28-44(64)40(19-20-47(67)75-53(4,5)6)57-45(65)13-10-14-46(66)59(7)8;1-6-56-27-34(47(67)68)45(65)33-24-35(50)39(26-38(33)56)57-19-21-58(22-20-57)49(70)71-28-31-14-12-30(13-15-31)23-40(59)36(9-8-18-52-48(51)69)54-46(66)32(29(2)3)25-41(60)37(16-17-44(63)64)53-42(61)10-7-11-43(62)55(4)5;;/h15-18,27,29-30,32,35,39-40H,9-14,19-26,28,31H2,1-8H3,(H,57,65)(H,58,69)(H,70,71)(H3,55,56,72);12-15,24,26-27,29,32,36-37H,6-11,16-23,25,28H2,1-5H3,(H,53,61)(H,54,66)(H,63,64)(H,67,68)(H3,51,52,69);2*1H4/t35-,39-,40-;32-,36-,37-;;/m00../s1. The first-order valence-electron chi connectivity index (χ1n) is 48.8. The molecule has 0 bridgehead atoms. The van der Waals surface area contributed by atoms with Crippen LogP contribution in [0, 0.1) is 35.3 Å². The molecular weight excluding hydrogens is 1930 g/mol. The molecule has 13 N–H and O–H groups in total. The van der Waals surface area contributed by atoms with Crippen molar-refractivity contribution in [3.8, 4) is 0 Å². The lowest BCUT2D eigenvalue weighted by Gasteiger charge is -2.35. The largest absolute Gasteiger partial charge is 0.481 e. The zero-order valence-electron chi connectivity index (χ0n) is 85.0. The number of Topliss-reactive ketones (excluding diaryl/α,β-unsaturated/α-hetero) is 4. The van der Waals surface area contributed by atoms with Crippen molar-refractivity contribution >= 4 is 140 Å². The molecule has 2 saturated heterocycles. The van der Waals surface area contributed by atoms with Gasteiger partial charge in [0.1, 0.15) is 41.6 Å². The number of carbonyl (C=O) groups excluding carboxylic acids is 15. The predicted octanol–water partition coefficient (Wildman–Crippen LogP) is 8.93. The maximum absolute atomic E-state index is 15.4. The van der Waals surface area contributed by atoms with Crippen molar-refractivity contribution in [1.29, 1.82) is 0 Å². The minimum atomic E-state index is -1.40. The average molecular weight is 2070 g/mol. The summed E-state index contributed by atoms with van der Waals surface area (Å²) < 4.78 is 50.5. The SMILES string of the molecule is C.C.CCn1cc(C(=O)O)c(=O)c2cc(F)c(N3CCN(C(=O)OCc4ccc(CC(=O)[C@H](CCCNC(N)=O)NC(=O)[C@@H](CC(=O)[C@H](CCC(=O)O)NC(=O)CCCC(=O)N(C)C)C(C)C)cc4)CC3)cc21.CCn1cc(C(=O)O)c(=O)c2cc(F)c(N3CCN(C(=O)OCc4ccc(CC(=O)[C@H](CCCNC(N)=O)NC(=O)[C@@H](CC(=O)[C@H](CCC(=O)OC(C)(C)C)NC(=O)CCCC(=O)N(C)C)C(C)C)cc4)CC3)cc21. The van der Waals surface area contributed by atoms with Gasteiger partial charge in [0.2, 0.25) is 46.3 Å². The number of fused-ring (bicyclic) bond motifs is 2. The Morgan fingerprint density at radius 3 is 1.09 bits per heavy atom. The molecule has 0 radical (unpaired) electrons. The zero-order valence-corrected chi connectivity index (χ0v) is 85.0. The predicted molar refractivity (Wildman–Crippen MR) is 548 cm³/mol. The van der Waals surface area contributed by atoms with Crippen LogP contribution in [0.3, 0.4) is 0 Å². The maximum Gasteiger partial charge on any atom is 0.410 e. The zero-order chi connectivity index (χ0) is 108. The molecule has 812 valence electrons. The van der Waals surface area contributed by atoms with E-state index in [1.807, 2.05) is 0 Å². The average Bonchev–Trinajstić information content (AvgIpc) is 0.764. The van der Waals surface area contributed by atoms with Crippen molar-refractivity contribution in [2.75, 3.05) is 103 Å². The number of carbonyl (C=O) groups is 18. The van der Waals surface area contributed by atoms with Gasteiger partial charge in [0.15, 0.2) is 23.1 Å². The number of esters is 1. The molecule has 0 saturated carbocycles. The van der Waals surface area contributed by atoms with E-state index in [1.165, 1.54) is 44.1 Å². The number of anilines is 2. The van der Waals surface area contributed by atoms with E-state index in [-0.39, 0.29) is 248 Å². The summed E-state index contributed by atoms with van der Waals surface area (Å²) >= 11 is 0. The van der Waals surface area contributed by atoms with Crippen LogP contribution in [0.15, 0.2) is 94.8 Å². The summed E-state index contributed by atoms with van der Waals surface area (Å²) in [6.07, 6.45) is 0.686. The fourth-order valence-electron chi connectivity index (χ4n) is 16.5. The van der Waals surface area contributed by atoms with E-state index in [2.05, 4.69) is 31.9 Å². The van der Waals surface area contributed by atoms with E-state index in [0.29, 0.717) is 46.4 Å². The second kappa shape index (κ2) is 59.1. The second-order valence-electron chi connectivity index (χ2n) is 38.2. The minimum absolute atomic E-state index is 0. The minimum Gasteiger partial charge on any atom is -0.481 e. The van der Waals surface area contributed by atoms with Crippen LogP contribution in [-0.2, 0) is 111 Å². The molecule has 0 unspecified atom stereocenters. The number of carboxylic acids is 3. The molecule has 0 aliphatic carbocycles. The van der Waals surface area contributed by atoms with Gasteiger partial charge in [-0.1, -0.05) is 91.1 Å². The number of piperazine rings is 2. The number of ether oxygens (including phenoxy) is 3. The van der Waals surface area contributed by atoms with E-state index in [9.17, 15) is 111 Å². The van der Waals surface area contributed by atoms with Gasteiger partial charge in [-0.25, -0.2) is 37.5 Å². The van der Waals surface area contributed by atoms with Crippen molar-refractivity contribution < 1.29 is 125 Å². The van der Waals surface area contributed by atoms with Gasteiger partial charge >= 0.3 is 48.1 Å². The van der Waals surface area contributed by atoms with Gasteiger partial charge in [0.05, 0.1) is 46.6 Å². The quantitative estimate of drug-likeness (QED) is 0.00963. The van der Waals surface area contributed by atoms with Crippen LogP contribution in [0.25, 0.3) is 21.8 Å². The molecule has 6 aromatic rings. The summed E-state index contributed by atoms with van der Waals surface area (Å²) in [6, 6.07) is 12.6. The number of carboxylic acid groups (broad SMARTS) is 3. The summed E-state index contributed by atoms with van der Waals surface area (Å²) in [5, 5.41) is 44.0. The summed E-state index contributed by atoms with van der Waals surface area (Å²) in [4.78, 5) is 264. The number of ketones is 4. The van der Waals surface area contributed by atoms with E-state index in [4.69, 9.17) is 25.7 Å². The Morgan fingerprint density at radius 2 is 0.784 bits per heavy atom. The van der Waals surface area contributed by atoms with Gasteiger partial charge in [0, 0.05) is 206 Å². The molecule has 148 heavy (non-hydrogen) atoms. The number of hydrogen-bond donors (Lipinski definition) is 11. The number of aromatic nitrogens is 2. The first kappa shape index (κ1) is 124. The van der Waals surface area contributed by atoms with Crippen molar-refractivity contribution in [3.63, 3.8) is 0 Å². The number of nitrogens with zero attached hydrogens (tertiary/aromatic N) is 8. The van der Waals surface area contributed by atoms with E-state index in [0.717, 1.165) is 12.1 Å². The summed E-state index contributed by atoms with van der Waals surface area (Å²) in [7, 11) is 6.37. The number of nitrogens with two attached hydrogens (primary N) is 2. The van der Waals surface area contributed by atoms with Crippen LogP contribution in [0.2, 0.25) is 0 Å². The molecule has 2 fully saturated rings. The highest BCUT2D eigenvalue weighted by atomic mass is 19.1. The first-order valence-corrected chi connectivity index (χ1v) is 48.8. The summed E-state index contributed by atoms with van der Waals surface area (Å²) in [5.74, 6) is -13.1. The lowest BCUT2D eigenvalue weighted by atomic mass is 9.86. The second-order valence-corrected chi connectivity index (χ2v) is 38.2.